The molecule has 0 amide bonds. The highest BCUT2D eigenvalue weighted by Crippen LogP contribution is 2.01. The van der Waals surface area contributed by atoms with E-state index in [1.165, 1.54) is 12.4 Å². The summed E-state index contributed by atoms with van der Waals surface area (Å²) in [6.07, 6.45) is 4.05. The summed E-state index contributed by atoms with van der Waals surface area (Å²) in [7, 11) is -3.14. The molecule has 7 nitrogen and oxygen atoms in total. The van der Waals surface area contributed by atoms with Crippen LogP contribution in [0.3, 0.4) is 0 Å². The average Bonchev–Trinajstić information content (AvgIpc) is 2.11. The molecule has 0 aliphatic heterocycles. The molecule has 0 bridgehead atoms. The summed E-state index contributed by atoms with van der Waals surface area (Å²) in [6.45, 7) is 0.709. The second-order valence-corrected chi connectivity index (χ2v) is 4.76. The molecule has 0 fully saturated rings. The van der Waals surface area contributed by atoms with Crippen LogP contribution in [0.4, 0.5) is 11.6 Å². The van der Waals surface area contributed by atoms with Gasteiger partial charge in [-0.2, -0.15) is 0 Å². The molecule has 4 N–H and O–H groups in total. The van der Waals surface area contributed by atoms with Crippen molar-refractivity contribution < 1.29 is 8.42 Å². The molecule has 0 saturated heterocycles. The van der Waals surface area contributed by atoms with Gasteiger partial charge >= 0.3 is 0 Å². The lowest BCUT2D eigenvalue weighted by molar-refractivity contribution is 0.589. The molecule has 0 unspecified atom stereocenters. The third-order valence-corrected chi connectivity index (χ3v) is 2.18. The van der Waals surface area contributed by atoms with Gasteiger partial charge in [0.25, 0.3) is 0 Å². The maximum Gasteiger partial charge on any atom is 0.208 e. The van der Waals surface area contributed by atoms with Crippen LogP contribution in [0.5, 0.6) is 0 Å². The second-order valence-electron chi connectivity index (χ2n) is 2.92. The zero-order chi connectivity index (χ0) is 11.3. The van der Waals surface area contributed by atoms with Gasteiger partial charge in [-0.15, -0.1) is 0 Å². The van der Waals surface area contributed by atoms with Gasteiger partial charge in [-0.1, -0.05) is 0 Å². The van der Waals surface area contributed by atoms with E-state index in [-0.39, 0.29) is 6.54 Å². The first-order valence-electron chi connectivity index (χ1n) is 4.23. The molecule has 0 aliphatic carbocycles. The van der Waals surface area contributed by atoms with E-state index < -0.39 is 10.0 Å². The minimum absolute atomic E-state index is 0.287. The van der Waals surface area contributed by atoms with Crippen molar-refractivity contribution in [2.24, 2.45) is 0 Å². The monoisotopic (exact) mass is 231 g/mol. The van der Waals surface area contributed by atoms with Crippen molar-refractivity contribution in [3.8, 4) is 0 Å². The predicted octanol–water partition coefficient (Wildman–Crippen LogP) is -0.980. The molecule has 0 aromatic carbocycles. The van der Waals surface area contributed by atoms with Gasteiger partial charge in [0.1, 0.15) is 11.6 Å². The lowest BCUT2D eigenvalue weighted by Gasteiger charge is -2.05. The molecule has 1 rings (SSSR count). The van der Waals surface area contributed by atoms with Crippen LogP contribution in [-0.2, 0) is 10.0 Å². The molecule has 1 heterocycles. The molecular formula is C7H13N5O2S. The van der Waals surface area contributed by atoms with Gasteiger partial charge < -0.3 is 11.1 Å². The van der Waals surface area contributed by atoms with Crippen LogP contribution in [0.25, 0.3) is 0 Å². The fourth-order valence-corrected chi connectivity index (χ4v) is 1.37. The summed E-state index contributed by atoms with van der Waals surface area (Å²) in [4.78, 5) is 7.76. The van der Waals surface area contributed by atoms with Gasteiger partial charge in [0.15, 0.2) is 0 Å². The zero-order valence-corrected chi connectivity index (χ0v) is 9.08. The smallest absolute Gasteiger partial charge is 0.208 e. The topological polar surface area (TPSA) is 110 Å². The number of anilines is 2. The number of nitrogens with zero attached hydrogens (tertiary/aromatic N) is 2. The van der Waals surface area contributed by atoms with Gasteiger partial charge in [0.2, 0.25) is 10.0 Å². The number of nitrogens with one attached hydrogen (secondary N) is 2. The molecule has 8 heteroatoms. The molecule has 1 aromatic heterocycles. The van der Waals surface area contributed by atoms with Crippen molar-refractivity contribution in [1.82, 2.24) is 14.7 Å². The quantitative estimate of drug-likeness (QED) is 0.562. The summed E-state index contributed by atoms with van der Waals surface area (Å²) >= 11 is 0. The molecule has 1 aromatic rings. The fourth-order valence-electron chi connectivity index (χ4n) is 0.893. The standard InChI is InChI=1S/C7H13N5O2S/c1-15(13,14)11-3-2-10-7-5-9-4-6(8)12-7/h4-5,11H,2-3H2,1H3,(H3,8,10,12). The van der Waals surface area contributed by atoms with E-state index in [9.17, 15) is 8.42 Å². The van der Waals surface area contributed by atoms with Gasteiger partial charge in [-0.25, -0.2) is 18.1 Å². The van der Waals surface area contributed by atoms with E-state index in [0.29, 0.717) is 18.2 Å². The van der Waals surface area contributed by atoms with E-state index in [1.54, 1.807) is 0 Å². The first kappa shape index (κ1) is 11.7. The fraction of sp³-hybridized carbons (Fsp3) is 0.429. The van der Waals surface area contributed by atoms with Gasteiger partial charge in [-0.3, -0.25) is 4.98 Å². The van der Waals surface area contributed by atoms with E-state index >= 15 is 0 Å². The number of rotatable bonds is 5. The van der Waals surface area contributed by atoms with Crippen molar-refractivity contribution in [3.05, 3.63) is 12.4 Å². The lowest BCUT2D eigenvalue weighted by atomic mass is 10.6. The summed E-state index contributed by atoms with van der Waals surface area (Å²) in [5.74, 6) is 0.835. The van der Waals surface area contributed by atoms with Crippen LogP contribution < -0.4 is 15.8 Å². The first-order valence-corrected chi connectivity index (χ1v) is 6.12. The highest BCUT2D eigenvalue weighted by molar-refractivity contribution is 7.88. The van der Waals surface area contributed by atoms with Gasteiger partial charge in [0.05, 0.1) is 18.6 Å². The van der Waals surface area contributed by atoms with E-state index in [0.717, 1.165) is 6.26 Å². The van der Waals surface area contributed by atoms with Crippen molar-refractivity contribution in [2.45, 2.75) is 0 Å². The Labute approximate surface area is 88.2 Å². The number of hydrogen-bond acceptors (Lipinski definition) is 6. The molecule has 0 saturated carbocycles. The number of hydrogen-bond donors (Lipinski definition) is 3. The average molecular weight is 231 g/mol. The van der Waals surface area contributed by atoms with Crippen molar-refractivity contribution in [3.63, 3.8) is 0 Å². The second kappa shape index (κ2) is 4.89. The number of sulfonamides is 1. The Morgan fingerprint density at radius 3 is 2.73 bits per heavy atom. The van der Waals surface area contributed by atoms with Gasteiger partial charge in [0, 0.05) is 13.1 Å². The van der Waals surface area contributed by atoms with Gasteiger partial charge in [-0.05, 0) is 0 Å². The summed E-state index contributed by atoms with van der Waals surface area (Å²) in [5, 5.41) is 2.88. The number of nitrogen functional groups attached to an aromatic ring is 1. The Bertz CT molecular complexity index is 419. The maximum absolute atomic E-state index is 10.7. The Hall–Kier alpha value is -1.41. The summed E-state index contributed by atoms with van der Waals surface area (Å²) < 4.78 is 23.8. The molecule has 15 heavy (non-hydrogen) atoms. The molecular weight excluding hydrogens is 218 g/mol. The van der Waals surface area contributed by atoms with Crippen LogP contribution in [0.2, 0.25) is 0 Å². The molecule has 0 aliphatic rings. The highest BCUT2D eigenvalue weighted by atomic mass is 32.2. The SMILES string of the molecule is CS(=O)(=O)NCCNc1cncc(N)n1. The largest absolute Gasteiger partial charge is 0.382 e. The van der Waals surface area contributed by atoms with Crippen LogP contribution in [0.1, 0.15) is 0 Å². The van der Waals surface area contributed by atoms with Crippen LogP contribution in [0.15, 0.2) is 12.4 Å². The minimum atomic E-state index is -3.14. The Balaban J connectivity index is 2.32. The van der Waals surface area contributed by atoms with Crippen LogP contribution in [0, 0.1) is 0 Å². The number of nitrogens with two attached hydrogens (primary N) is 1. The summed E-state index contributed by atoms with van der Waals surface area (Å²) in [6, 6.07) is 0. The predicted molar refractivity (Wildman–Crippen MR) is 57.8 cm³/mol. The minimum Gasteiger partial charge on any atom is -0.382 e. The summed E-state index contributed by atoms with van der Waals surface area (Å²) in [5.41, 5.74) is 5.41. The Morgan fingerprint density at radius 2 is 2.13 bits per heavy atom. The Kier molecular flexibility index (Phi) is 3.81. The first-order chi connectivity index (χ1) is 6.97. The van der Waals surface area contributed by atoms with E-state index in [1.807, 2.05) is 0 Å². The van der Waals surface area contributed by atoms with Crippen molar-refractivity contribution in [1.29, 1.82) is 0 Å². The van der Waals surface area contributed by atoms with E-state index in [4.69, 9.17) is 5.73 Å². The van der Waals surface area contributed by atoms with Crippen LogP contribution >= 0.6 is 0 Å². The molecule has 84 valence electrons. The lowest BCUT2D eigenvalue weighted by Crippen LogP contribution is -2.27. The molecule has 0 spiro atoms. The van der Waals surface area contributed by atoms with Crippen molar-refractivity contribution >= 4 is 21.7 Å². The maximum atomic E-state index is 10.7. The molecule has 0 atom stereocenters. The Morgan fingerprint density at radius 1 is 1.40 bits per heavy atom. The molecule has 0 radical (unpaired) electrons. The highest BCUT2D eigenvalue weighted by Gasteiger charge is 1.99. The van der Waals surface area contributed by atoms with E-state index in [2.05, 4.69) is 20.0 Å². The third-order valence-electron chi connectivity index (χ3n) is 1.45. The normalized spacial score (nSPS) is 11.3. The number of aromatic nitrogens is 2. The van der Waals surface area contributed by atoms with Crippen LogP contribution in [-0.4, -0.2) is 37.7 Å². The van der Waals surface area contributed by atoms with Crippen molar-refractivity contribution in [2.75, 3.05) is 30.4 Å². The zero-order valence-electron chi connectivity index (χ0n) is 8.27. The third kappa shape index (κ3) is 5.13.